The third-order valence-electron chi connectivity index (χ3n) is 6.12. The summed E-state index contributed by atoms with van der Waals surface area (Å²) >= 11 is 1.86. The van der Waals surface area contributed by atoms with Gasteiger partial charge >= 0.3 is 6.03 Å². The average molecular weight is 467 g/mol. The van der Waals surface area contributed by atoms with Crippen molar-refractivity contribution in [3.63, 3.8) is 0 Å². The number of ether oxygens (including phenoxy) is 1. The van der Waals surface area contributed by atoms with Crippen LogP contribution in [0.25, 0.3) is 5.00 Å². The molecule has 2 aromatic heterocycles. The quantitative estimate of drug-likeness (QED) is 0.439. The van der Waals surface area contributed by atoms with Gasteiger partial charge < -0.3 is 24.8 Å². The van der Waals surface area contributed by atoms with Gasteiger partial charge in [-0.15, -0.1) is 11.3 Å². The molecule has 3 aromatic rings. The minimum absolute atomic E-state index is 0.0567. The average Bonchev–Trinajstić information content (AvgIpc) is 3.44. The van der Waals surface area contributed by atoms with Gasteiger partial charge in [0.05, 0.1) is 13.2 Å². The predicted octanol–water partition coefficient (Wildman–Crippen LogP) is 5.83. The summed E-state index contributed by atoms with van der Waals surface area (Å²) in [5.41, 5.74) is 3.41. The smallest absolute Gasteiger partial charge is 0.319 e. The molecule has 33 heavy (non-hydrogen) atoms. The Hall–Kier alpha value is -2.77. The highest BCUT2D eigenvalue weighted by Gasteiger charge is 2.29. The van der Waals surface area contributed by atoms with Gasteiger partial charge in [-0.1, -0.05) is 19.9 Å². The topological polar surface area (TPSA) is 58.5 Å². The molecule has 0 radical (unpaired) electrons. The van der Waals surface area contributed by atoms with E-state index in [0.717, 1.165) is 38.1 Å². The van der Waals surface area contributed by atoms with Crippen LogP contribution in [0.4, 0.5) is 10.5 Å². The number of nitrogens with one attached hydrogen (secondary N) is 2. The van der Waals surface area contributed by atoms with E-state index >= 15 is 0 Å². The zero-order valence-corrected chi connectivity index (χ0v) is 20.7. The maximum absolute atomic E-state index is 13.1. The number of fused-ring (bicyclic) bond motifs is 1. The van der Waals surface area contributed by atoms with Crippen molar-refractivity contribution < 1.29 is 9.53 Å². The lowest BCUT2D eigenvalue weighted by Gasteiger charge is -2.26. The highest BCUT2D eigenvalue weighted by atomic mass is 32.1. The number of carbonyl (C=O) groups is 1. The number of hydrogen-bond donors (Lipinski definition) is 2. The molecule has 7 heteroatoms. The Labute approximate surface area is 200 Å². The predicted molar refractivity (Wildman–Crippen MR) is 136 cm³/mol. The normalized spacial score (nSPS) is 14.7. The number of rotatable bonds is 8. The molecular formula is C26H34N4O2S. The lowest BCUT2D eigenvalue weighted by molar-refractivity contribution is 0.247. The second-order valence-electron chi connectivity index (χ2n) is 9.15. The van der Waals surface area contributed by atoms with Gasteiger partial charge in [0.25, 0.3) is 0 Å². The Bertz CT molecular complexity index is 1070. The molecule has 1 atom stereocenters. The number of urea groups is 1. The monoisotopic (exact) mass is 466 g/mol. The van der Waals surface area contributed by atoms with Gasteiger partial charge in [0.15, 0.2) is 0 Å². The fraction of sp³-hybridized carbons (Fsp3) is 0.423. The minimum atomic E-state index is -0.191. The van der Waals surface area contributed by atoms with E-state index in [0.29, 0.717) is 11.6 Å². The summed E-state index contributed by atoms with van der Waals surface area (Å²) in [6.45, 7) is 6.46. The van der Waals surface area contributed by atoms with Crippen LogP contribution < -0.4 is 15.4 Å². The third-order valence-corrected chi connectivity index (χ3v) is 7.37. The van der Waals surface area contributed by atoms with E-state index in [1.54, 1.807) is 7.11 Å². The second-order valence-corrected chi connectivity index (χ2v) is 10.2. The number of carbonyl (C=O) groups excluding carboxylic acids is 1. The summed E-state index contributed by atoms with van der Waals surface area (Å²) < 4.78 is 7.49. The number of benzene rings is 1. The van der Waals surface area contributed by atoms with Gasteiger partial charge in [-0.3, -0.25) is 0 Å². The van der Waals surface area contributed by atoms with Gasteiger partial charge in [0.1, 0.15) is 10.8 Å². The third kappa shape index (κ3) is 5.60. The molecule has 4 rings (SSSR count). The van der Waals surface area contributed by atoms with Crippen LogP contribution in [0.3, 0.4) is 0 Å². The Morgan fingerprint density at radius 3 is 2.70 bits per heavy atom. The van der Waals surface area contributed by atoms with E-state index in [9.17, 15) is 4.79 Å². The van der Waals surface area contributed by atoms with Gasteiger partial charge in [-0.25, -0.2) is 4.79 Å². The molecule has 3 heterocycles. The van der Waals surface area contributed by atoms with Crippen LogP contribution in [-0.2, 0) is 13.0 Å². The maximum Gasteiger partial charge on any atom is 0.319 e. The molecule has 0 unspecified atom stereocenters. The molecule has 1 aliphatic heterocycles. The molecule has 0 fully saturated rings. The van der Waals surface area contributed by atoms with Crippen molar-refractivity contribution in [3.8, 4) is 10.8 Å². The fourth-order valence-corrected chi connectivity index (χ4v) is 5.83. The van der Waals surface area contributed by atoms with Crippen molar-refractivity contribution in [2.75, 3.05) is 26.0 Å². The van der Waals surface area contributed by atoms with Crippen molar-refractivity contribution in [1.82, 2.24) is 14.8 Å². The molecule has 1 aliphatic rings. The van der Waals surface area contributed by atoms with Crippen LogP contribution in [0.1, 0.15) is 48.7 Å². The largest absolute Gasteiger partial charge is 0.497 e. The number of hydrogen-bond acceptors (Lipinski definition) is 4. The zero-order valence-electron chi connectivity index (χ0n) is 19.9. The summed E-state index contributed by atoms with van der Waals surface area (Å²) in [5.74, 6) is 1.28. The molecule has 0 saturated carbocycles. The van der Waals surface area contributed by atoms with Gasteiger partial charge in [-0.05, 0) is 62.1 Å². The number of aromatic nitrogens is 1. The van der Waals surface area contributed by atoms with E-state index in [-0.39, 0.29) is 12.1 Å². The minimum Gasteiger partial charge on any atom is -0.497 e. The standard InChI is InChI=1S/C26H34N4O2S/c1-18(2)10-11-22(28-26(31)27-19-8-7-9-20(16-19)32-4)24-21-12-15-29(3)17-23(21)33-25(24)30-13-5-6-14-30/h5-9,13-14,16,18,22H,10-12,15,17H2,1-4H3,(H2,27,28,31)/t22-/m0/s1. The van der Waals surface area contributed by atoms with E-state index in [2.05, 4.69) is 65.5 Å². The molecule has 0 bridgehead atoms. The maximum atomic E-state index is 13.1. The molecular weight excluding hydrogens is 432 g/mol. The van der Waals surface area contributed by atoms with Crippen molar-refractivity contribution in [2.45, 2.75) is 45.7 Å². The Morgan fingerprint density at radius 1 is 1.18 bits per heavy atom. The fourth-order valence-electron chi connectivity index (χ4n) is 4.38. The first-order valence-corrected chi connectivity index (χ1v) is 12.4. The Balaban J connectivity index is 1.65. The summed E-state index contributed by atoms with van der Waals surface area (Å²) in [5, 5.41) is 7.53. The van der Waals surface area contributed by atoms with Crippen molar-refractivity contribution in [1.29, 1.82) is 0 Å². The highest BCUT2D eigenvalue weighted by molar-refractivity contribution is 7.15. The number of anilines is 1. The van der Waals surface area contributed by atoms with E-state index in [1.165, 1.54) is 21.0 Å². The molecule has 2 N–H and O–H groups in total. The van der Waals surface area contributed by atoms with Gasteiger partial charge in [-0.2, -0.15) is 0 Å². The van der Waals surface area contributed by atoms with E-state index in [1.807, 2.05) is 35.6 Å². The SMILES string of the molecule is COc1cccc(NC(=O)N[C@@H](CCC(C)C)c2c(-n3cccc3)sc3c2CCN(C)C3)c1. The molecule has 0 saturated heterocycles. The second kappa shape index (κ2) is 10.4. The van der Waals surface area contributed by atoms with Crippen molar-refractivity contribution >= 4 is 23.1 Å². The molecule has 6 nitrogen and oxygen atoms in total. The van der Waals surface area contributed by atoms with Crippen LogP contribution >= 0.6 is 11.3 Å². The highest BCUT2D eigenvalue weighted by Crippen LogP contribution is 2.40. The summed E-state index contributed by atoms with van der Waals surface area (Å²) in [6, 6.07) is 11.3. The Morgan fingerprint density at radius 2 is 1.97 bits per heavy atom. The zero-order chi connectivity index (χ0) is 23.4. The number of amides is 2. The summed E-state index contributed by atoms with van der Waals surface area (Å²) in [6.07, 6.45) is 7.15. The van der Waals surface area contributed by atoms with Gasteiger partial charge in [0.2, 0.25) is 0 Å². The van der Waals surface area contributed by atoms with Crippen LogP contribution in [0.15, 0.2) is 48.8 Å². The van der Waals surface area contributed by atoms with Crippen LogP contribution in [0, 0.1) is 5.92 Å². The molecule has 0 aliphatic carbocycles. The van der Waals surface area contributed by atoms with E-state index < -0.39 is 0 Å². The number of thiophene rings is 1. The molecule has 0 spiro atoms. The first kappa shape index (κ1) is 23.4. The van der Waals surface area contributed by atoms with Crippen LogP contribution in [0.5, 0.6) is 5.75 Å². The van der Waals surface area contributed by atoms with Crippen LogP contribution in [0.2, 0.25) is 0 Å². The van der Waals surface area contributed by atoms with Gasteiger partial charge in [0, 0.05) is 47.7 Å². The van der Waals surface area contributed by atoms with Crippen LogP contribution in [-0.4, -0.2) is 36.2 Å². The lowest BCUT2D eigenvalue weighted by Crippen LogP contribution is -2.34. The molecule has 1 aromatic carbocycles. The first-order chi connectivity index (χ1) is 15.9. The number of likely N-dealkylation sites (N-methyl/N-ethyl adjacent to an activating group) is 1. The first-order valence-electron chi connectivity index (χ1n) is 11.6. The lowest BCUT2D eigenvalue weighted by atomic mass is 9.92. The molecule has 2 amide bonds. The Kier molecular flexibility index (Phi) is 7.40. The summed E-state index contributed by atoms with van der Waals surface area (Å²) in [4.78, 5) is 16.9. The molecule has 176 valence electrons. The summed E-state index contributed by atoms with van der Waals surface area (Å²) in [7, 11) is 3.80. The number of methoxy groups -OCH3 is 1. The number of nitrogens with zero attached hydrogens (tertiary/aromatic N) is 2. The van der Waals surface area contributed by atoms with Crippen molar-refractivity contribution in [3.05, 3.63) is 64.8 Å². The van der Waals surface area contributed by atoms with Crippen molar-refractivity contribution in [2.24, 2.45) is 5.92 Å². The van der Waals surface area contributed by atoms with E-state index in [4.69, 9.17) is 4.74 Å².